The van der Waals surface area contributed by atoms with Gasteiger partial charge >= 0.3 is 0 Å². The van der Waals surface area contributed by atoms with Gasteiger partial charge < -0.3 is 0 Å². The molecule has 100 valence electrons. The third kappa shape index (κ3) is 9.65. The van der Waals surface area contributed by atoms with Gasteiger partial charge in [-0.3, -0.25) is 0 Å². The van der Waals surface area contributed by atoms with E-state index < -0.39 is 0 Å². The summed E-state index contributed by atoms with van der Waals surface area (Å²) < 4.78 is 0. The van der Waals surface area contributed by atoms with E-state index in [4.69, 9.17) is 0 Å². The molecule has 1 aromatic rings. The summed E-state index contributed by atoms with van der Waals surface area (Å²) in [5, 5.41) is 0. The molecule has 0 aliphatic carbocycles. The molecule has 0 aromatic heterocycles. The van der Waals surface area contributed by atoms with Crippen molar-refractivity contribution in [1.82, 2.24) is 0 Å². The highest BCUT2D eigenvalue weighted by molar-refractivity contribution is 5.29. The standard InChI is InChI=1S/C14H16.2C2H6/c1-3-5-9-13(4-2)12-14-10-7-6-8-11-14;2*1-2/h3-11H,2,12H2,1H3;2*1-2H3/b5-3-,13-9+;;. The van der Waals surface area contributed by atoms with Gasteiger partial charge in [-0.2, -0.15) is 0 Å². The van der Waals surface area contributed by atoms with E-state index in [0.29, 0.717) is 0 Å². The molecule has 18 heavy (non-hydrogen) atoms. The molecule has 0 atom stereocenters. The van der Waals surface area contributed by atoms with Gasteiger partial charge in [-0.05, 0) is 24.5 Å². The molecule has 0 heterocycles. The zero-order chi connectivity index (χ0) is 14.2. The molecule has 0 aliphatic rings. The molecular weight excluding hydrogens is 216 g/mol. The molecule has 0 saturated heterocycles. The van der Waals surface area contributed by atoms with Crippen LogP contribution in [0.4, 0.5) is 0 Å². The lowest BCUT2D eigenvalue weighted by Crippen LogP contribution is -1.86. The Hall–Kier alpha value is -1.56. The summed E-state index contributed by atoms with van der Waals surface area (Å²) in [6, 6.07) is 10.4. The molecular formula is C18H28. The van der Waals surface area contributed by atoms with Crippen LogP contribution in [0.3, 0.4) is 0 Å². The Bertz CT molecular complexity index is 328. The number of benzene rings is 1. The highest BCUT2D eigenvalue weighted by Crippen LogP contribution is 2.08. The fraction of sp³-hybridized carbons (Fsp3) is 0.333. The molecule has 0 aliphatic heterocycles. The van der Waals surface area contributed by atoms with Gasteiger partial charge in [0.2, 0.25) is 0 Å². The second kappa shape index (κ2) is 15.4. The van der Waals surface area contributed by atoms with Crippen molar-refractivity contribution in [3.05, 3.63) is 72.4 Å². The van der Waals surface area contributed by atoms with E-state index in [-0.39, 0.29) is 0 Å². The summed E-state index contributed by atoms with van der Waals surface area (Å²) in [5.41, 5.74) is 2.57. The molecule has 1 aromatic carbocycles. The molecule has 0 nitrogen and oxygen atoms in total. The van der Waals surface area contributed by atoms with Gasteiger partial charge in [0.05, 0.1) is 0 Å². The van der Waals surface area contributed by atoms with Crippen molar-refractivity contribution in [2.45, 2.75) is 41.0 Å². The van der Waals surface area contributed by atoms with Crippen LogP contribution in [0, 0.1) is 0 Å². The lowest BCUT2D eigenvalue weighted by Gasteiger charge is -2.00. The number of allylic oxidation sites excluding steroid dienone is 5. The Balaban J connectivity index is 0. The number of hydrogen-bond acceptors (Lipinski definition) is 0. The molecule has 0 radical (unpaired) electrons. The van der Waals surface area contributed by atoms with Crippen LogP contribution < -0.4 is 0 Å². The molecule has 0 unspecified atom stereocenters. The van der Waals surface area contributed by atoms with Gasteiger partial charge in [0.25, 0.3) is 0 Å². The Labute approximate surface area is 114 Å². The van der Waals surface area contributed by atoms with E-state index in [9.17, 15) is 0 Å². The molecule has 0 amide bonds. The first kappa shape index (κ1) is 18.8. The van der Waals surface area contributed by atoms with Crippen LogP contribution in [-0.4, -0.2) is 0 Å². The monoisotopic (exact) mass is 244 g/mol. The number of hydrogen-bond donors (Lipinski definition) is 0. The average molecular weight is 244 g/mol. The third-order valence-corrected chi connectivity index (χ3v) is 2.02. The summed E-state index contributed by atoms with van der Waals surface area (Å²) >= 11 is 0. The van der Waals surface area contributed by atoms with Crippen molar-refractivity contribution in [3.8, 4) is 0 Å². The SMILES string of the molecule is C=C/C(=C\C=C/C)Cc1ccccc1.CC.CC. The van der Waals surface area contributed by atoms with Crippen LogP contribution in [0.5, 0.6) is 0 Å². The largest absolute Gasteiger partial charge is 0.0988 e. The van der Waals surface area contributed by atoms with Gasteiger partial charge in [-0.25, -0.2) is 0 Å². The van der Waals surface area contributed by atoms with Crippen molar-refractivity contribution in [3.63, 3.8) is 0 Å². The second-order valence-corrected chi connectivity index (χ2v) is 3.13. The minimum absolute atomic E-state index is 0.953. The van der Waals surface area contributed by atoms with Gasteiger partial charge in [-0.15, -0.1) is 0 Å². The Morgan fingerprint density at radius 3 is 2.06 bits per heavy atom. The Kier molecular flexibility index (Phi) is 16.1. The smallest absolute Gasteiger partial charge is 0.00260 e. The van der Waals surface area contributed by atoms with Crippen LogP contribution >= 0.6 is 0 Å². The fourth-order valence-electron chi connectivity index (χ4n) is 1.25. The lowest BCUT2D eigenvalue weighted by molar-refractivity contribution is 1.20. The van der Waals surface area contributed by atoms with Crippen LogP contribution in [0.2, 0.25) is 0 Å². The van der Waals surface area contributed by atoms with Crippen molar-refractivity contribution in [2.75, 3.05) is 0 Å². The summed E-state index contributed by atoms with van der Waals surface area (Å²) in [6.45, 7) is 13.8. The molecule has 0 saturated carbocycles. The average Bonchev–Trinajstić information content (AvgIpc) is 2.48. The first-order chi connectivity index (χ1) is 8.86. The maximum atomic E-state index is 3.81. The predicted molar refractivity (Wildman–Crippen MR) is 85.9 cm³/mol. The zero-order valence-electron chi connectivity index (χ0n) is 12.6. The van der Waals surface area contributed by atoms with Gasteiger partial charge in [0.1, 0.15) is 0 Å². The van der Waals surface area contributed by atoms with Crippen molar-refractivity contribution >= 4 is 0 Å². The van der Waals surface area contributed by atoms with Crippen LogP contribution in [0.1, 0.15) is 40.2 Å². The zero-order valence-corrected chi connectivity index (χ0v) is 12.6. The molecule has 0 heteroatoms. The minimum atomic E-state index is 0.953. The first-order valence-corrected chi connectivity index (χ1v) is 6.85. The number of rotatable bonds is 4. The summed E-state index contributed by atoms with van der Waals surface area (Å²) in [7, 11) is 0. The van der Waals surface area contributed by atoms with Crippen molar-refractivity contribution in [1.29, 1.82) is 0 Å². The maximum absolute atomic E-state index is 3.81. The topological polar surface area (TPSA) is 0 Å². The van der Waals surface area contributed by atoms with Crippen molar-refractivity contribution < 1.29 is 0 Å². The van der Waals surface area contributed by atoms with E-state index in [2.05, 4.69) is 36.9 Å². The Morgan fingerprint density at radius 1 is 1.06 bits per heavy atom. The van der Waals surface area contributed by atoms with Crippen LogP contribution in [0.15, 0.2) is 66.8 Å². The van der Waals surface area contributed by atoms with Gasteiger partial charge in [-0.1, -0.05) is 88.9 Å². The van der Waals surface area contributed by atoms with Crippen LogP contribution in [0.25, 0.3) is 0 Å². The fourth-order valence-corrected chi connectivity index (χ4v) is 1.25. The Morgan fingerprint density at radius 2 is 1.61 bits per heavy atom. The summed E-state index contributed by atoms with van der Waals surface area (Å²) in [5.74, 6) is 0. The lowest BCUT2D eigenvalue weighted by atomic mass is 10.1. The maximum Gasteiger partial charge on any atom is -0.00260 e. The first-order valence-electron chi connectivity index (χ1n) is 6.85. The van der Waals surface area contributed by atoms with E-state index in [1.807, 2.05) is 58.9 Å². The highest BCUT2D eigenvalue weighted by atomic mass is 14.0. The quantitative estimate of drug-likeness (QED) is 0.572. The molecule has 0 spiro atoms. The highest BCUT2D eigenvalue weighted by Gasteiger charge is 1.93. The van der Waals surface area contributed by atoms with Gasteiger partial charge in [0, 0.05) is 0 Å². The molecule has 0 N–H and O–H groups in total. The molecule has 1 rings (SSSR count). The summed E-state index contributed by atoms with van der Waals surface area (Å²) in [6.07, 6.45) is 9.02. The third-order valence-electron chi connectivity index (χ3n) is 2.02. The second-order valence-electron chi connectivity index (χ2n) is 3.13. The van der Waals surface area contributed by atoms with Gasteiger partial charge in [0.15, 0.2) is 0 Å². The van der Waals surface area contributed by atoms with E-state index in [1.165, 1.54) is 11.1 Å². The molecule has 0 fully saturated rings. The predicted octanol–water partition coefficient (Wildman–Crippen LogP) is 5.97. The van der Waals surface area contributed by atoms with E-state index in [1.54, 1.807) is 0 Å². The molecule has 0 bridgehead atoms. The van der Waals surface area contributed by atoms with E-state index >= 15 is 0 Å². The van der Waals surface area contributed by atoms with E-state index in [0.717, 1.165) is 6.42 Å². The minimum Gasteiger partial charge on any atom is -0.0988 e. The van der Waals surface area contributed by atoms with Crippen LogP contribution in [-0.2, 0) is 6.42 Å². The van der Waals surface area contributed by atoms with Crippen molar-refractivity contribution in [2.24, 2.45) is 0 Å². The normalized spacial score (nSPS) is 9.94. The summed E-state index contributed by atoms with van der Waals surface area (Å²) in [4.78, 5) is 0.